The summed E-state index contributed by atoms with van der Waals surface area (Å²) in [5.74, 6) is -0.319. The van der Waals surface area contributed by atoms with E-state index in [4.69, 9.17) is 9.84 Å². The molecule has 1 aliphatic heterocycles. The molecule has 0 amide bonds. The van der Waals surface area contributed by atoms with Crippen LogP contribution < -0.4 is 0 Å². The predicted molar refractivity (Wildman–Crippen MR) is 65.9 cm³/mol. The first-order chi connectivity index (χ1) is 8.11. The summed E-state index contributed by atoms with van der Waals surface area (Å²) in [5, 5.41) is 8.98. The maximum Gasteiger partial charge on any atom is 0.306 e. The number of aliphatic carboxylic acids is 1. The van der Waals surface area contributed by atoms with Crippen molar-refractivity contribution in [3.63, 3.8) is 0 Å². The smallest absolute Gasteiger partial charge is 0.306 e. The molecule has 98 valence electrons. The van der Waals surface area contributed by atoms with Crippen LogP contribution in [0, 0.1) is 11.8 Å². The lowest BCUT2D eigenvalue weighted by molar-refractivity contribution is -0.144. The number of rotatable bonds is 3. The van der Waals surface area contributed by atoms with E-state index in [1.807, 2.05) is 6.92 Å². The summed E-state index contributed by atoms with van der Waals surface area (Å²) in [6.07, 6.45) is 9.21. The van der Waals surface area contributed by atoms with Crippen LogP contribution in [0.3, 0.4) is 0 Å². The van der Waals surface area contributed by atoms with E-state index >= 15 is 0 Å². The number of hydrogen-bond donors (Lipinski definition) is 1. The van der Waals surface area contributed by atoms with Gasteiger partial charge >= 0.3 is 5.97 Å². The molecule has 0 aromatic rings. The normalized spacial score (nSPS) is 30.1. The molecule has 1 saturated heterocycles. The maximum absolute atomic E-state index is 10.9. The summed E-state index contributed by atoms with van der Waals surface area (Å²) in [7, 11) is 0. The molecule has 1 heterocycles. The lowest BCUT2D eigenvalue weighted by Crippen LogP contribution is -2.42. The fraction of sp³-hybridized carbons (Fsp3) is 0.929. The van der Waals surface area contributed by atoms with Gasteiger partial charge < -0.3 is 9.84 Å². The Labute approximate surface area is 104 Å². The highest BCUT2D eigenvalue weighted by Gasteiger charge is 2.38. The van der Waals surface area contributed by atoms with E-state index in [0.29, 0.717) is 5.92 Å². The second-order valence-electron chi connectivity index (χ2n) is 5.93. The third kappa shape index (κ3) is 3.21. The van der Waals surface area contributed by atoms with Crippen molar-refractivity contribution in [1.29, 1.82) is 0 Å². The first-order valence-corrected chi connectivity index (χ1v) is 6.98. The highest BCUT2D eigenvalue weighted by Crippen LogP contribution is 2.42. The van der Waals surface area contributed by atoms with Gasteiger partial charge in [-0.15, -0.1) is 0 Å². The Morgan fingerprint density at radius 3 is 2.76 bits per heavy atom. The highest BCUT2D eigenvalue weighted by molar-refractivity contribution is 5.69. The zero-order valence-corrected chi connectivity index (χ0v) is 10.8. The molecular weight excluding hydrogens is 216 g/mol. The lowest BCUT2D eigenvalue weighted by atomic mass is 9.74. The molecule has 0 aromatic heterocycles. The van der Waals surface area contributed by atoms with Crippen molar-refractivity contribution in [2.24, 2.45) is 11.8 Å². The SMILES string of the molecule is CC(CC1CCOC2(CCCCC2)C1)C(=O)O. The molecule has 2 aliphatic rings. The summed E-state index contributed by atoms with van der Waals surface area (Å²) < 4.78 is 6.03. The fourth-order valence-corrected chi connectivity index (χ4v) is 3.48. The van der Waals surface area contributed by atoms with Crippen molar-refractivity contribution in [3.8, 4) is 0 Å². The Bertz CT molecular complexity index is 263. The number of carbonyl (C=O) groups is 1. The summed E-state index contributed by atoms with van der Waals surface area (Å²) in [4.78, 5) is 10.9. The number of carboxylic acids is 1. The highest BCUT2D eigenvalue weighted by atomic mass is 16.5. The summed E-state index contributed by atoms with van der Waals surface area (Å²) in [6, 6.07) is 0. The Balaban J connectivity index is 1.90. The minimum atomic E-state index is -0.658. The number of hydrogen-bond acceptors (Lipinski definition) is 2. The van der Waals surface area contributed by atoms with E-state index < -0.39 is 5.97 Å². The molecule has 17 heavy (non-hydrogen) atoms. The zero-order valence-electron chi connectivity index (χ0n) is 10.8. The molecule has 0 bridgehead atoms. The molecule has 0 aromatic carbocycles. The third-order valence-electron chi connectivity index (χ3n) is 4.47. The lowest BCUT2D eigenvalue weighted by Gasteiger charge is -2.44. The molecule has 2 fully saturated rings. The van der Waals surface area contributed by atoms with Crippen molar-refractivity contribution in [1.82, 2.24) is 0 Å². The van der Waals surface area contributed by atoms with Crippen LogP contribution in [-0.2, 0) is 9.53 Å². The van der Waals surface area contributed by atoms with Crippen molar-refractivity contribution >= 4 is 5.97 Å². The van der Waals surface area contributed by atoms with Gasteiger partial charge in [0.05, 0.1) is 11.5 Å². The van der Waals surface area contributed by atoms with Gasteiger partial charge in [-0.1, -0.05) is 26.2 Å². The van der Waals surface area contributed by atoms with Crippen LogP contribution >= 0.6 is 0 Å². The topological polar surface area (TPSA) is 46.5 Å². The molecule has 0 radical (unpaired) electrons. The van der Waals surface area contributed by atoms with E-state index in [2.05, 4.69) is 0 Å². The Morgan fingerprint density at radius 2 is 2.12 bits per heavy atom. The minimum absolute atomic E-state index is 0.111. The molecule has 3 heteroatoms. The van der Waals surface area contributed by atoms with Crippen LogP contribution in [0.2, 0.25) is 0 Å². The van der Waals surface area contributed by atoms with E-state index in [0.717, 1.165) is 25.9 Å². The van der Waals surface area contributed by atoms with Crippen LogP contribution in [0.4, 0.5) is 0 Å². The zero-order chi connectivity index (χ0) is 12.3. The van der Waals surface area contributed by atoms with Crippen LogP contribution in [0.5, 0.6) is 0 Å². The largest absolute Gasteiger partial charge is 0.481 e. The average molecular weight is 240 g/mol. The van der Waals surface area contributed by atoms with Gasteiger partial charge in [-0.2, -0.15) is 0 Å². The van der Waals surface area contributed by atoms with Gasteiger partial charge in [-0.05, 0) is 38.0 Å². The van der Waals surface area contributed by atoms with E-state index in [1.54, 1.807) is 0 Å². The first kappa shape index (κ1) is 12.9. The molecule has 2 rings (SSSR count). The standard InChI is InChI=1S/C14H24O3/c1-11(13(15)16)9-12-5-8-17-14(10-12)6-3-2-4-7-14/h11-12H,2-10H2,1H3,(H,15,16). The quantitative estimate of drug-likeness (QED) is 0.823. The summed E-state index contributed by atoms with van der Waals surface area (Å²) >= 11 is 0. The van der Waals surface area contributed by atoms with Crippen LogP contribution in [0.1, 0.15) is 58.3 Å². The molecule has 1 spiro atoms. The molecule has 1 saturated carbocycles. The van der Waals surface area contributed by atoms with Crippen molar-refractivity contribution in [2.75, 3.05) is 6.61 Å². The summed E-state index contributed by atoms with van der Waals surface area (Å²) in [6.45, 7) is 2.66. The maximum atomic E-state index is 10.9. The minimum Gasteiger partial charge on any atom is -0.481 e. The second kappa shape index (κ2) is 5.38. The number of ether oxygens (including phenoxy) is 1. The van der Waals surface area contributed by atoms with Gasteiger partial charge in [0, 0.05) is 6.61 Å². The van der Waals surface area contributed by atoms with Gasteiger partial charge in [0.1, 0.15) is 0 Å². The van der Waals surface area contributed by atoms with E-state index in [-0.39, 0.29) is 11.5 Å². The molecule has 3 nitrogen and oxygen atoms in total. The molecule has 2 unspecified atom stereocenters. The van der Waals surface area contributed by atoms with Crippen LogP contribution in [0.15, 0.2) is 0 Å². The molecular formula is C14H24O3. The van der Waals surface area contributed by atoms with Gasteiger partial charge in [-0.25, -0.2) is 0 Å². The van der Waals surface area contributed by atoms with E-state index in [1.165, 1.54) is 32.1 Å². The molecule has 1 N–H and O–H groups in total. The first-order valence-electron chi connectivity index (χ1n) is 6.98. The van der Waals surface area contributed by atoms with Crippen molar-refractivity contribution in [2.45, 2.75) is 63.9 Å². The number of carboxylic acid groups (broad SMARTS) is 1. The Morgan fingerprint density at radius 1 is 1.41 bits per heavy atom. The van der Waals surface area contributed by atoms with Gasteiger partial charge in [-0.3, -0.25) is 4.79 Å². The van der Waals surface area contributed by atoms with Crippen molar-refractivity contribution in [3.05, 3.63) is 0 Å². The van der Waals surface area contributed by atoms with E-state index in [9.17, 15) is 4.79 Å². The van der Waals surface area contributed by atoms with Gasteiger partial charge in [0.2, 0.25) is 0 Å². The fourth-order valence-electron chi connectivity index (χ4n) is 3.48. The van der Waals surface area contributed by atoms with Gasteiger partial charge in [0.15, 0.2) is 0 Å². The Kier molecular flexibility index (Phi) is 4.08. The van der Waals surface area contributed by atoms with Crippen molar-refractivity contribution < 1.29 is 14.6 Å². The predicted octanol–water partition coefficient (Wildman–Crippen LogP) is 3.23. The molecule has 2 atom stereocenters. The monoisotopic (exact) mass is 240 g/mol. The Hall–Kier alpha value is -0.570. The van der Waals surface area contributed by atoms with Gasteiger partial charge in [0.25, 0.3) is 0 Å². The van der Waals surface area contributed by atoms with Crippen LogP contribution in [0.25, 0.3) is 0 Å². The second-order valence-corrected chi connectivity index (χ2v) is 5.93. The molecule has 1 aliphatic carbocycles. The third-order valence-corrected chi connectivity index (χ3v) is 4.47. The average Bonchev–Trinajstić information content (AvgIpc) is 2.30. The van der Waals surface area contributed by atoms with Crippen LogP contribution in [-0.4, -0.2) is 23.3 Å². The summed E-state index contributed by atoms with van der Waals surface area (Å²) in [5.41, 5.74) is 0.111.